The molecule has 0 aliphatic heterocycles. The van der Waals surface area contributed by atoms with E-state index in [1.54, 1.807) is 12.0 Å². The lowest BCUT2D eigenvalue weighted by Crippen LogP contribution is -2.29. The minimum Gasteiger partial charge on any atom is -0.494 e. The van der Waals surface area contributed by atoms with Crippen molar-refractivity contribution < 1.29 is 14.3 Å². The number of hydrogen-bond donors (Lipinski definition) is 0. The summed E-state index contributed by atoms with van der Waals surface area (Å²) >= 11 is 0. The fourth-order valence-electron chi connectivity index (χ4n) is 4.05. The number of amides is 1. The molecule has 6 heteroatoms. The number of carbonyl (C=O) groups excluding carboxylic acids is 1. The number of likely N-dealkylation sites (N-methyl/N-ethyl adjacent to an activating group) is 1. The van der Waals surface area contributed by atoms with Crippen LogP contribution in [0.4, 0.5) is 0 Å². The molecule has 0 radical (unpaired) electrons. The fraction of sp³-hybridized carbons (Fsp3) is 0.310. The van der Waals surface area contributed by atoms with Crippen molar-refractivity contribution in [2.45, 2.75) is 25.7 Å². The molecule has 0 N–H and O–H groups in total. The number of rotatable bonds is 12. The third-order valence-corrected chi connectivity index (χ3v) is 6.03. The fourth-order valence-corrected chi connectivity index (χ4v) is 4.05. The first kappa shape index (κ1) is 24.5. The molecule has 1 aromatic heterocycles. The summed E-state index contributed by atoms with van der Waals surface area (Å²) < 4.78 is 13.3. The smallest absolute Gasteiger partial charge is 0.222 e. The molecule has 0 bridgehead atoms. The molecule has 1 heterocycles. The second-order valence-corrected chi connectivity index (χ2v) is 8.59. The third kappa shape index (κ3) is 6.28. The third-order valence-electron chi connectivity index (χ3n) is 6.03. The summed E-state index contributed by atoms with van der Waals surface area (Å²) in [5.41, 5.74) is 4.07. The van der Waals surface area contributed by atoms with Crippen molar-refractivity contribution >= 4 is 16.9 Å². The standard InChI is InChI=1S/C29H33N3O3/c1-31(19-21-34-2)28(33)16-10-5-11-20-35-25-17-18-26-27(22-25)32(24-14-8-4-9-15-24)29(30-26)23-12-6-3-7-13-23/h3-4,6-9,12-15,17-18,22H,5,10-11,16,19-21H2,1-2H3. The molecule has 4 rings (SSSR count). The molecule has 0 atom stereocenters. The number of aromatic nitrogens is 2. The summed E-state index contributed by atoms with van der Waals surface area (Å²) in [5, 5.41) is 0. The van der Waals surface area contributed by atoms with Crippen molar-refractivity contribution in [1.29, 1.82) is 0 Å². The minimum atomic E-state index is 0.164. The van der Waals surface area contributed by atoms with Crippen LogP contribution in [0.5, 0.6) is 5.75 Å². The zero-order chi connectivity index (χ0) is 24.5. The van der Waals surface area contributed by atoms with Crippen LogP contribution >= 0.6 is 0 Å². The van der Waals surface area contributed by atoms with Gasteiger partial charge in [-0.25, -0.2) is 4.98 Å². The van der Waals surface area contributed by atoms with Crippen LogP contribution in [0.25, 0.3) is 28.1 Å². The second-order valence-electron chi connectivity index (χ2n) is 8.59. The van der Waals surface area contributed by atoms with Crippen LogP contribution < -0.4 is 4.74 Å². The number of methoxy groups -OCH3 is 1. The van der Waals surface area contributed by atoms with Gasteiger partial charge in [0.1, 0.15) is 11.6 Å². The predicted molar refractivity (Wildman–Crippen MR) is 140 cm³/mol. The van der Waals surface area contributed by atoms with Crippen LogP contribution in [0, 0.1) is 0 Å². The maximum Gasteiger partial charge on any atom is 0.222 e. The molecular formula is C29H33N3O3. The van der Waals surface area contributed by atoms with Gasteiger partial charge in [0, 0.05) is 44.4 Å². The van der Waals surface area contributed by atoms with Crippen LogP contribution in [-0.4, -0.2) is 54.3 Å². The van der Waals surface area contributed by atoms with E-state index in [0.29, 0.717) is 26.2 Å². The summed E-state index contributed by atoms with van der Waals surface area (Å²) in [6, 6.07) is 26.6. The number of fused-ring (bicyclic) bond motifs is 1. The highest BCUT2D eigenvalue weighted by atomic mass is 16.5. The van der Waals surface area contributed by atoms with Crippen LogP contribution in [0.15, 0.2) is 78.9 Å². The number of unbranched alkanes of at least 4 members (excludes halogenated alkanes) is 2. The van der Waals surface area contributed by atoms with Gasteiger partial charge in [-0.05, 0) is 43.5 Å². The van der Waals surface area contributed by atoms with E-state index in [2.05, 4.69) is 34.9 Å². The van der Waals surface area contributed by atoms with E-state index in [-0.39, 0.29) is 5.91 Å². The van der Waals surface area contributed by atoms with Gasteiger partial charge >= 0.3 is 0 Å². The van der Waals surface area contributed by atoms with E-state index in [9.17, 15) is 4.79 Å². The van der Waals surface area contributed by atoms with Gasteiger partial charge in [-0.3, -0.25) is 9.36 Å². The average molecular weight is 472 g/mol. The second kappa shape index (κ2) is 12.2. The van der Waals surface area contributed by atoms with Crippen molar-refractivity contribution in [2.75, 3.05) is 33.9 Å². The van der Waals surface area contributed by atoms with Crippen molar-refractivity contribution in [3.63, 3.8) is 0 Å². The Bertz CT molecular complexity index is 1220. The Morgan fingerprint density at radius 1 is 0.914 bits per heavy atom. The van der Waals surface area contributed by atoms with Crippen molar-refractivity contribution in [3.05, 3.63) is 78.9 Å². The maximum absolute atomic E-state index is 12.1. The maximum atomic E-state index is 12.1. The van der Waals surface area contributed by atoms with E-state index in [4.69, 9.17) is 14.5 Å². The van der Waals surface area contributed by atoms with Gasteiger partial charge < -0.3 is 14.4 Å². The largest absolute Gasteiger partial charge is 0.494 e. The van der Waals surface area contributed by atoms with Gasteiger partial charge in [0.2, 0.25) is 5.91 Å². The van der Waals surface area contributed by atoms with Crippen molar-refractivity contribution in [2.24, 2.45) is 0 Å². The average Bonchev–Trinajstić information content (AvgIpc) is 3.29. The molecule has 6 nitrogen and oxygen atoms in total. The van der Waals surface area contributed by atoms with E-state index < -0.39 is 0 Å². The molecule has 1 amide bonds. The van der Waals surface area contributed by atoms with Gasteiger partial charge in [0.15, 0.2) is 0 Å². The van der Waals surface area contributed by atoms with Gasteiger partial charge in [0.25, 0.3) is 0 Å². The van der Waals surface area contributed by atoms with Gasteiger partial charge in [-0.2, -0.15) is 0 Å². The molecule has 0 fully saturated rings. The van der Waals surface area contributed by atoms with Crippen molar-refractivity contribution in [1.82, 2.24) is 14.5 Å². The molecule has 0 unspecified atom stereocenters. The predicted octanol–water partition coefficient (Wildman–Crippen LogP) is 5.74. The molecule has 0 aliphatic carbocycles. The Morgan fingerprint density at radius 3 is 2.40 bits per heavy atom. The van der Waals surface area contributed by atoms with Gasteiger partial charge in [0.05, 0.1) is 24.2 Å². The van der Waals surface area contributed by atoms with E-state index in [1.807, 2.05) is 55.6 Å². The highest BCUT2D eigenvalue weighted by Crippen LogP contribution is 2.30. The number of carbonyl (C=O) groups is 1. The number of benzene rings is 3. The lowest BCUT2D eigenvalue weighted by molar-refractivity contribution is -0.130. The number of ether oxygens (including phenoxy) is 2. The van der Waals surface area contributed by atoms with Crippen LogP contribution in [0.1, 0.15) is 25.7 Å². The Labute approximate surface area is 207 Å². The van der Waals surface area contributed by atoms with Crippen LogP contribution in [-0.2, 0) is 9.53 Å². The number of para-hydroxylation sites is 1. The Balaban J connectivity index is 1.41. The van der Waals surface area contributed by atoms with Crippen LogP contribution in [0.3, 0.4) is 0 Å². The number of nitrogens with zero attached hydrogens (tertiary/aromatic N) is 3. The molecule has 4 aromatic rings. The lowest BCUT2D eigenvalue weighted by atomic mass is 10.2. The number of hydrogen-bond acceptors (Lipinski definition) is 4. The minimum absolute atomic E-state index is 0.164. The first-order valence-corrected chi connectivity index (χ1v) is 12.2. The highest BCUT2D eigenvalue weighted by molar-refractivity contribution is 5.84. The summed E-state index contributed by atoms with van der Waals surface area (Å²) in [5.74, 6) is 1.89. The highest BCUT2D eigenvalue weighted by Gasteiger charge is 2.15. The molecule has 0 aliphatic rings. The Morgan fingerprint density at radius 2 is 1.66 bits per heavy atom. The molecule has 35 heavy (non-hydrogen) atoms. The lowest BCUT2D eigenvalue weighted by Gasteiger charge is -2.16. The topological polar surface area (TPSA) is 56.6 Å². The monoisotopic (exact) mass is 471 g/mol. The zero-order valence-electron chi connectivity index (χ0n) is 20.5. The summed E-state index contributed by atoms with van der Waals surface area (Å²) in [7, 11) is 3.47. The molecule has 0 saturated heterocycles. The summed E-state index contributed by atoms with van der Waals surface area (Å²) in [4.78, 5) is 18.8. The quantitative estimate of drug-likeness (QED) is 0.247. The first-order chi connectivity index (χ1) is 17.2. The van der Waals surface area contributed by atoms with Gasteiger partial charge in [-0.1, -0.05) is 48.5 Å². The summed E-state index contributed by atoms with van der Waals surface area (Å²) in [6.07, 6.45) is 3.27. The van der Waals surface area contributed by atoms with Crippen molar-refractivity contribution in [3.8, 4) is 22.8 Å². The Hall–Kier alpha value is -3.64. The molecule has 0 spiro atoms. The number of imidazole rings is 1. The molecule has 182 valence electrons. The first-order valence-electron chi connectivity index (χ1n) is 12.2. The van der Waals surface area contributed by atoms with Crippen LogP contribution in [0.2, 0.25) is 0 Å². The van der Waals surface area contributed by atoms with Gasteiger partial charge in [-0.15, -0.1) is 0 Å². The Kier molecular flexibility index (Phi) is 8.52. The molecule has 0 saturated carbocycles. The zero-order valence-corrected chi connectivity index (χ0v) is 20.5. The van der Waals surface area contributed by atoms with E-state index in [1.165, 1.54) is 0 Å². The SMILES string of the molecule is COCCN(C)C(=O)CCCCCOc1ccc2nc(-c3ccccc3)n(-c3ccccc3)c2c1. The van der Waals surface area contributed by atoms with E-state index >= 15 is 0 Å². The molecular weight excluding hydrogens is 438 g/mol. The van der Waals surface area contributed by atoms with E-state index in [0.717, 1.165) is 53.1 Å². The summed E-state index contributed by atoms with van der Waals surface area (Å²) in [6.45, 7) is 1.81. The molecule has 3 aromatic carbocycles. The normalized spacial score (nSPS) is 11.0.